The molecular formula is C17H23N5O2S. The van der Waals surface area contributed by atoms with Crippen LogP contribution in [0.1, 0.15) is 28.1 Å². The molecule has 0 radical (unpaired) electrons. The molecule has 0 aliphatic rings. The third-order valence-electron chi connectivity index (χ3n) is 3.64. The van der Waals surface area contributed by atoms with Gasteiger partial charge in [-0.25, -0.2) is 9.98 Å². The summed E-state index contributed by atoms with van der Waals surface area (Å²) in [6.07, 6.45) is 0.815. The fourth-order valence-corrected chi connectivity index (χ4v) is 3.20. The Labute approximate surface area is 151 Å². The molecule has 25 heavy (non-hydrogen) atoms. The van der Waals surface area contributed by atoms with Crippen LogP contribution in [-0.4, -0.2) is 29.0 Å². The van der Waals surface area contributed by atoms with Crippen molar-refractivity contribution in [3.63, 3.8) is 0 Å². The van der Waals surface area contributed by atoms with Crippen molar-refractivity contribution < 1.29 is 4.92 Å². The molecule has 0 saturated carbocycles. The van der Waals surface area contributed by atoms with Crippen LogP contribution in [0.5, 0.6) is 0 Å². The number of thiazole rings is 1. The second kappa shape index (κ2) is 9.12. The van der Waals surface area contributed by atoms with Gasteiger partial charge in [0.15, 0.2) is 5.96 Å². The van der Waals surface area contributed by atoms with Gasteiger partial charge in [0.1, 0.15) is 0 Å². The monoisotopic (exact) mass is 361 g/mol. The maximum absolute atomic E-state index is 11.1. The number of nitro groups is 1. The van der Waals surface area contributed by atoms with E-state index in [4.69, 9.17) is 0 Å². The van der Waals surface area contributed by atoms with Gasteiger partial charge in [-0.2, -0.15) is 0 Å². The predicted octanol–water partition coefficient (Wildman–Crippen LogP) is 2.97. The lowest BCUT2D eigenvalue weighted by molar-refractivity contribution is -0.385. The van der Waals surface area contributed by atoms with Crippen LogP contribution in [0.3, 0.4) is 0 Å². The second-order valence-corrected chi connectivity index (χ2v) is 6.79. The average molecular weight is 361 g/mol. The number of para-hydroxylation sites is 1. The second-order valence-electron chi connectivity index (χ2n) is 5.51. The Morgan fingerprint density at radius 1 is 1.32 bits per heavy atom. The Morgan fingerprint density at radius 3 is 2.72 bits per heavy atom. The van der Waals surface area contributed by atoms with Crippen LogP contribution >= 0.6 is 11.3 Å². The molecule has 1 aromatic heterocycles. The standard InChI is InChI=1S/C17H23N5O2S/c1-4-18-17(19-10-9-16-21-12(2)13(3)25-16)20-11-14-7-5-6-8-15(14)22(23)24/h5-8H,4,9-11H2,1-3H3,(H2,18,19,20). The van der Waals surface area contributed by atoms with E-state index in [-0.39, 0.29) is 17.2 Å². The summed E-state index contributed by atoms with van der Waals surface area (Å²) in [5.74, 6) is 0.644. The Bertz CT molecular complexity index is 738. The first kappa shape index (κ1) is 18.9. The molecule has 0 fully saturated rings. The molecule has 1 heterocycles. The van der Waals surface area contributed by atoms with Crippen LogP contribution in [0.2, 0.25) is 0 Å². The first-order valence-corrected chi connectivity index (χ1v) is 9.00. The maximum Gasteiger partial charge on any atom is 0.274 e. The normalized spacial score (nSPS) is 11.4. The first-order chi connectivity index (χ1) is 12.0. The van der Waals surface area contributed by atoms with Gasteiger partial charge < -0.3 is 10.6 Å². The third kappa shape index (κ3) is 5.53. The third-order valence-corrected chi connectivity index (χ3v) is 4.78. The lowest BCUT2D eigenvalue weighted by Gasteiger charge is -2.10. The molecule has 0 amide bonds. The summed E-state index contributed by atoms with van der Waals surface area (Å²) < 4.78 is 0. The Hall–Kier alpha value is -2.48. The Balaban J connectivity index is 1.97. The highest BCUT2D eigenvalue weighted by atomic mass is 32.1. The molecule has 0 aliphatic carbocycles. The lowest BCUT2D eigenvalue weighted by atomic mass is 10.2. The molecule has 2 rings (SSSR count). The summed E-state index contributed by atoms with van der Waals surface area (Å²) in [6, 6.07) is 6.67. The molecule has 0 atom stereocenters. The zero-order valence-corrected chi connectivity index (χ0v) is 15.5. The minimum absolute atomic E-state index is 0.0934. The minimum atomic E-state index is -0.377. The molecule has 0 aliphatic heterocycles. The smallest absolute Gasteiger partial charge is 0.274 e. The molecule has 0 bridgehead atoms. The van der Waals surface area contributed by atoms with Gasteiger partial charge in [0.25, 0.3) is 5.69 Å². The number of aromatic nitrogens is 1. The van der Waals surface area contributed by atoms with Crippen molar-refractivity contribution in [1.29, 1.82) is 0 Å². The average Bonchev–Trinajstić information content (AvgIpc) is 2.90. The lowest BCUT2D eigenvalue weighted by Crippen LogP contribution is -2.38. The Kier molecular flexibility index (Phi) is 6.88. The maximum atomic E-state index is 11.1. The molecule has 0 unspecified atom stereocenters. The SMILES string of the molecule is CCNC(=NCc1ccccc1[N+](=O)[O-])NCCc1nc(C)c(C)s1. The van der Waals surface area contributed by atoms with Gasteiger partial charge in [0, 0.05) is 30.5 Å². The highest BCUT2D eigenvalue weighted by molar-refractivity contribution is 7.11. The molecule has 8 heteroatoms. The van der Waals surface area contributed by atoms with E-state index in [1.54, 1.807) is 29.5 Å². The van der Waals surface area contributed by atoms with Crippen molar-refractivity contribution in [3.8, 4) is 0 Å². The van der Waals surface area contributed by atoms with Gasteiger partial charge in [-0.05, 0) is 20.8 Å². The fraction of sp³-hybridized carbons (Fsp3) is 0.412. The van der Waals surface area contributed by atoms with Crippen molar-refractivity contribution in [2.24, 2.45) is 4.99 Å². The summed E-state index contributed by atoms with van der Waals surface area (Å²) >= 11 is 1.71. The van der Waals surface area contributed by atoms with E-state index in [2.05, 4.69) is 27.5 Å². The van der Waals surface area contributed by atoms with E-state index < -0.39 is 0 Å². The number of nitro benzene ring substituents is 1. The van der Waals surface area contributed by atoms with E-state index >= 15 is 0 Å². The molecule has 1 aromatic carbocycles. The van der Waals surface area contributed by atoms with Gasteiger partial charge >= 0.3 is 0 Å². The zero-order valence-electron chi connectivity index (χ0n) is 14.7. The van der Waals surface area contributed by atoms with Gasteiger partial charge in [-0.15, -0.1) is 11.3 Å². The van der Waals surface area contributed by atoms with Gasteiger partial charge in [0.05, 0.1) is 27.7 Å². The first-order valence-electron chi connectivity index (χ1n) is 8.18. The van der Waals surface area contributed by atoms with E-state index in [9.17, 15) is 10.1 Å². The van der Waals surface area contributed by atoms with Gasteiger partial charge in [-0.3, -0.25) is 10.1 Å². The van der Waals surface area contributed by atoms with Gasteiger partial charge in [0.2, 0.25) is 0 Å². The van der Waals surface area contributed by atoms with Crippen LogP contribution in [0.25, 0.3) is 0 Å². The molecule has 7 nitrogen and oxygen atoms in total. The van der Waals surface area contributed by atoms with Gasteiger partial charge in [-0.1, -0.05) is 18.2 Å². The van der Waals surface area contributed by atoms with Crippen molar-refractivity contribution in [3.05, 3.63) is 55.5 Å². The fourth-order valence-electron chi connectivity index (χ4n) is 2.26. The number of benzene rings is 1. The highest BCUT2D eigenvalue weighted by Gasteiger charge is 2.11. The van der Waals surface area contributed by atoms with Crippen LogP contribution in [0.4, 0.5) is 5.69 Å². The number of nitrogens with one attached hydrogen (secondary N) is 2. The quantitative estimate of drug-likeness (QED) is 0.342. The summed E-state index contributed by atoms with van der Waals surface area (Å²) in [6.45, 7) is 7.74. The predicted molar refractivity (Wildman–Crippen MR) is 101 cm³/mol. The van der Waals surface area contributed by atoms with Crippen molar-refractivity contribution in [2.75, 3.05) is 13.1 Å². The number of nitrogens with zero attached hydrogens (tertiary/aromatic N) is 3. The minimum Gasteiger partial charge on any atom is -0.357 e. The highest BCUT2D eigenvalue weighted by Crippen LogP contribution is 2.18. The molecule has 0 saturated heterocycles. The summed E-state index contributed by atoms with van der Waals surface area (Å²) in [7, 11) is 0. The van der Waals surface area contributed by atoms with Crippen LogP contribution in [0, 0.1) is 24.0 Å². The summed E-state index contributed by atoms with van der Waals surface area (Å²) in [4.78, 5) is 20.9. The zero-order chi connectivity index (χ0) is 18.2. The van der Waals surface area contributed by atoms with Crippen LogP contribution in [0.15, 0.2) is 29.3 Å². The van der Waals surface area contributed by atoms with E-state index in [0.717, 1.165) is 23.7 Å². The molecule has 2 aromatic rings. The number of hydrogen-bond acceptors (Lipinski definition) is 5. The van der Waals surface area contributed by atoms with Crippen LogP contribution in [-0.2, 0) is 13.0 Å². The Morgan fingerprint density at radius 2 is 2.08 bits per heavy atom. The van der Waals surface area contributed by atoms with Crippen LogP contribution < -0.4 is 10.6 Å². The topological polar surface area (TPSA) is 92.5 Å². The van der Waals surface area contributed by atoms with E-state index in [1.807, 2.05) is 13.8 Å². The molecular weight excluding hydrogens is 338 g/mol. The largest absolute Gasteiger partial charge is 0.357 e. The number of hydrogen-bond donors (Lipinski definition) is 2. The van der Waals surface area contributed by atoms with E-state index in [0.29, 0.717) is 18.1 Å². The van der Waals surface area contributed by atoms with Crippen molar-refractivity contribution in [1.82, 2.24) is 15.6 Å². The number of aliphatic imine (C=N–C) groups is 1. The molecule has 0 spiro atoms. The van der Waals surface area contributed by atoms with Crippen molar-refractivity contribution in [2.45, 2.75) is 33.7 Å². The number of rotatable bonds is 7. The molecule has 134 valence electrons. The van der Waals surface area contributed by atoms with E-state index in [1.165, 1.54) is 10.9 Å². The number of guanidine groups is 1. The van der Waals surface area contributed by atoms with Crippen molar-refractivity contribution >= 4 is 23.0 Å². The summed E-state index contributed by atoms with van der Waals surface area (Å²) in [5, 5.41) is 18.6. The summed E-state index contributed by atoms with van der Waals surface area (Å²) in [5.41, 5.74) is 1.77. The molecule has 2 N–H and O–H groups in total. The number of aryl methyl sites for hydroxylation is 2.